The van der Waals surface area contributed by atoms with E-state index in [1.54, 1.807) is 12.1 Å². The lowest BCUT2D eigenvalue weighted by atomic mass is 9.83. The van der Waals surface area contributed by atoms with Crippen LogP contribution in [-0.4, -0.2) is 23.4 Å². The van der Waals surface area contributed by atoms with Gasteiger partial charge >= 0.3 is 0 Å². The smallest absolute Gasteiger partial charge is 0.165 e. The molecule has 1 N–H and O–H groups in total. The Hall–Kier alpha value is -1.13. The van der Waals surface area contributed by atoms with Crippen molar-refractivity contribution in [3.05, 3.63) is 29.6 Å². The Labute approximate surface area is 125 Å². The van der Waals surface area contributed by atoms with Crippen molar-refractivity contribution in [2.24, 2.45) is 0 Å². The standard InChI is InChI=1S/C17H23FO3/c18-15-6-4-5-13(11-19)16(15)20-12-14-7-10-17(21-14)8-2-1-3-9-17/h4-6,14,19H,1-3,7-12H2. The first-order chi connectivity index (χ1) is 10.2. The van der Waals surface area contributed by atoms with Crippen LogP contribution in [0.1, 0.15) is 50.5 Å². The number of para-hydroxylation sites is 1. The maximum absolute atomic E-state index is 13.8. The topological polar surface area (TPSA) is 38.7 Å². The fraction of sp³-hybridized carbons (Fsp3) is 0.647. The predicted molar refractivity (Wildman–Crippen MR) is 77.7 cm³/mol. The molecule has 1 heterocycles. The first kappa shape index (κ1) is 14.8. The molecule has 0 bridgehead atoms. The number of hydrogen-bond donors (Lipinski definition) is 1. The summed E-state index contributed by atoms with van der Waals surface area (Å²) < 4.78 is 25.6. The third kappa shape index (κ3) is 3.22. The summed E-state index contributed by atoms with van der Waals surface area (Å²) in [6, 6.07) is 4.61. The number of aliphatic hydroxyl groups is 1. The van der Waals surface area contributed by atoms with Gasteiger partial charge in [0.15, 0.2) is 11.6 Å². The van der Waals surface area contributed by atoms with Crippen LogP contribution in [0, 0.1) is 5.82 Å². The van der Waals surface area contributed by atoms with Gasteiger partial charge in [0.25, 0.3) is 0 Å². The van der Waals surface area contributed by atoms with E-state index in [0.29, 0.717) is 12.2 Å². The second kappa shape index (κ2) is 6.32. The molecule has 3 nitrogen and oxygen atoms in total. The molecule has 1 aliphatic carbocycles. The van der Waals surface area contributed by atoms with E-state index in [2.05, 4.69) is 0 Å². The molecule has 2 aliphatic rings. The van der Waals surface area contributed by atoms with Crippen LogP contribution in [0.25, 0.3) is 0 Å². The second-order valence-electron chi connectivity index (χ2n) is 6.22. The molecule has 21 heavy (non-hydrogen) atoms. The molecule has 0 aromatic heterocycles. The number of ether oxygens (including phenoxy) is 2. The van der Waals surface area contributed by atoms with Gasteiger partial charge in [-0.1, -0.05) is 31.4 Å². The Kier molecular flexibility index (Phi) is 4.45. The third-order valence-electron chi connectivity index (χ3n) is 4.74. The normalized spacial score (nSPS) is 24.4. The zero-order valence-corrected chi connectivity index (χ0v) is 12.3. The number of hydrogen-bond acceptors (Lipinski definition) is 3. The molecule has 1 atom stereocenters. The molecule has 3 rings (SSSR count). The highest BCUT2D eigenvalue weighted by atomic mass is 19.1. The molecule has 1 saturated heterocycles. The number of halogens is 1. The van der Waals surface area contributed by atoms with Gasteiger partial charge in [0.2, 0.25) is 0 Å². The fourth-order valence-electron chi connectivity index (χ4n) is 3.59. The summed E-state index contributed by atoms with van der Waals surface area (Å²) in [5.74, 6) is -0.264. The molecule has 1 aromatic carbocycles. The summed E-state index contributed by atoms with van der Waals surface area (Å²) in [6.07, 6.45) is 8.19. The molecule has 1 spiro atoms. The zero-order chi connectivity index (χ0) is 14.7. The van der Waals surface area contributed by atoms with E-state index in [1.165, 1.54) is 25.3 Å². The van der Waals surface area contributed by atoms with Crippen molar-refractivity contribution < 1.29 is 19.0 Å². The Balaban J connectivity index is 1.59. The first-order valence-electron chi connectivity index (χ1n) is 7.91. The van der Waals surface area contributed by atoms with Crippen molar-refractivity contribution >= 4 is 0 Å². The molecule has 4 heteroatoms. The molecule has 116 valence electrons. The van der Waals surface area contributed by atoms with Gasteiger partial charge in [-0.25, -0.2) is 4.39 Å². The Morgan fingerprint density at radius 1 is 1.24 bits per heavy atom. The average Bonchev–Trinajstić information content (AvgIpc) is 2.89. The minimum absolute atomic E-state index is 0.0363. The average molecular weight is 294 g/mol. The van der Waals surface area contributed by atoms with Crippen LogP contribution in [0.2, 0.25) is 0 Å². The van der Waals surface area contributed by atoms with Crippen LogP contribution in [0.3, 0.4) is 0 Å². The van der Waals surface area contributed by atoms with Gasteiger partial charge in [-0.05, 0) is 31.7 Å². The third-order valence-corrected chi connectivity index (χ3v) is 4.74. The van der Waals surface area contributed by atoms with E-state index >= 15 is 0 Å². The van der Waals surface area contributed by atoms with Crippen LogP contribution >= 0.6 is 0 Å². The van der Waals surface area contributed by atoms with E-state index in [9.17, 15) is 9.50 Å². The van der Waals surface area contributed by atoms with Gasteiger partial charge in [0, 0.05) is 5.56 Å². The largest absolute Gasteiger partial charge is 0.487 e. The molecular weight excluding hydrogens is 271 g/mol. The zero-order valence-electron chi connectivity index (χ0n) is 12.3. The van der Waals surface area contributed by atoms with Crippen molar-refractivity contribution in [1.29, 1.82) is 0 Å². The molecular formula is C17H23FO3. The van der Waals surface area contributed by atoms with Gasteiger partial charge in [-0.2, -0.15) is 0 Å². The van der Waals surface area contributed by atoms with Gasteiger partial charge < -0.3 is 14.6 Å². The van der Waals surface area contributed by atoms with Crippen molar-refractivity contribution in [2.45, 2.75) is 63.3 Å². The molecule has 1 unspecified atom stereocenters. The maximum atomic E-state index is 13.8. The van der Waals surface area contributed by atoms with Crippen molar-refractivity contribution in [3.8, 4) is 5.75 Å². The summed E-state index contributed by atoms with van der Waals surface area (Å²) in [6.45, 7) is 0.137. The summed E-state index contributed by atoms with van der Waals surface area (Å²) in [5.41, 5.74) is 0.543. The number of rotatable bonds is 4. The Morgan fingerprint density at radius 3 is 2.81 bits per heavy atom. The van der Waals surface area contributed by atoms with Crippen LogP contribution < -0.4 is 4.74 Å². The minimum atomic E-state index is -0.424. The quantitative estimate of drug-likeness (QED) is 0.922. The van der Waals surface area contributed by atoms with Crippen molar-refractivity contribution in [1.82, 2.24) is 0 Å². The van der Waals surface area contributed by atoms with Crippen LogP contribution in [0.5, 0.6) is 5.75 Å². The van der Waals surface area contributed by atoms with E-state index in [0.717, 1.165) is 25.7 Å². The molecule has 2 fully saturated rings. The van der Waals surface area contributed by atoms with Crippen molar-refractivity contribution in [2.75, 3.05) is 6.61 Å². The summed E-state index contributed by atoms with van der Waals surface area (Å²) in [4.78, 5) is 0. The van der Waals surface area contributed by atoms with E-state index < -0.39 is 5.82 Å². The Morgan fingerprint density at radius 2 is 2.05 bits per heavy atom. The van der Waals surface area contributed by atoms with Gasteiger partial charge in [-0.15, -0.1) is 0 Å². The summed E-state index contributed by atoms with van der Waals surface area (Å²) in [5, 5.41) is 9.26. The molecule has 1 saturated carbocycles. The minimum Gasteiger partial charge on any atom is -0.487 e. The van der Waals surface area contributed by atoms with E-state index in [1.807, 2.05) is 0 Å². The Bertz CT molecular complexity index is 483. The highest BCUT2D eigenvalue weighted by Crippen LogP contribution is 2.42. The molecule has 0 radical (unpaired) electrons. The summed E-state index contributed by atoms with van der Waals surface area (Å²) in [7, 11) is 0. The second-order valence-corrected chi connectivity index (χ2v) is 6.22. The molecule has 1 aromatic rings. The SMILES string of the molecule is OCc1cccc(F)c1OCC1CCC2(CCCCC2)O1. The lowest BCUT2D eigenvalue weighted by Crippen LogP contribution is -2.33. The van der Waals surface area contributed by atoms with E-state index in [-0.39, 0.29) is 24.1 Å². The summed E-state index contributed by atoms with van der Waals surface area (Å²) >= 11 is 0. The van der Waals surface area contributed by atoms with Crippen LogP contribution in [-0.2, 0) is 11.3 Å². The first-order valence-corrected chi connectivity index (χ1v) is 7.91. The van der Waals surface area contributed by atoms with Gasteiger partial charge in [0.1, 0.15) is 6.61 Å². The lowest BCUT2D eigenvalue weighted by Gasteiger charge is -2.33. The van der Waals surface area contributed by atoms with Crippen LogP contribution in [0.4, 0.5) is 4.39 Å². The van der Waals surface area contributed by atoms with Gasteiger partial charge in [-0.3, -0.25) is 0 Å². The van der Waals surface area contributed by atoms with Crippen molar-refractivity contribution in [3.63, 3.8) is 0 Å². The fourth-order valence-corrected chi connectivity index (χ4v) is 3.59. The predicted octanol–water partition coefficient (Wildman–Crippen LogP) is 3.58. The highest BCUT2D eigenvalue weighted by molar-refractivity contribution is 5.34. The molecule has 1 aliphatic heterocycles. The molecule has 0 amide bonds. The van der Waals surface area contributed by atoms with Gasteiger partial charge in [0.05, 0.1) is 18.3 Å². The van der Waals surface area contributed by atoms with Crippen LogP contribution in [0.15, 0.2) is 18.2 Å². The number of benzene rings is 1. The van der Waals surface area contributed by atoms with E-state index in [4.69, 9.17) is 9.47 Å². The monoisotopic (exact) mass is 294 g/mol. The highest BCUT2D eigenvalue weighted by Gasteiger charge is 2.41. The number of aliphatic hydroxyl groups excluding tert-OH is 1. The maximum Gasteiger partial charge on any atom is 0.165 e. The lowest BCUT2D eigenvalue weighted by molar-refractivity contribution is -0.0752.